The van der Waals surface area contributed by atoms with Gasteiger partial charge in [0.15, 0.2) is 0 Å². The minimum Gasteiger partial charge on any atom is -0.339 e. The van der Waals surface area contributed by atoms with Gasteiger partial charge in [0, 0.05) is 26.4 Å². The summed E-state index contributed by atoms with van der Waals surface area (Å²) < 4.78 is 0. The van der Waals surface area contributed by atoms with Gasteiger partial charge in [-0.25, -0.2) is 0 Å². The Hall–Kier alpha value is -1.38. The Balaban J connectivity index is 2.33. The first-order chi connectivity index (χ1) is 7.20. The molecule has 3 heteroatoms. The highest BCUT2D eigenvalue weighted by Crippen LogP contribution is 2.32. The van der Waals surface area contributed by atoms with Gasteiger partial charge < -0.3 is 4.90 Å². The van der Waals surface area contributed by atoms with Crippen molar-refractivity contribution in [1.29, 1.82) is 0 Å². The molecule has 1 atom stereocenters. The number of carbonyl (C=O) groups excluding carboxylic acids is 1. The van der Waals surface area contributed by atoms with E-state index in [1.165, 1.54) is 11.1 Å². The zero-order chi connectivity index (χ0) is 10.8. The van der Waals surface area contributed by atoms with E-state index in [0.29, 0.717) is 0 Å². The maximum Gasteiger partial charge on any atom is 0.219 e. The summed E-state index contributed by atoms with van der Waals surface area (Å²) in [6, 6.07) is 2.28. The van der Waals surface area contributed by atoms with Crippen LogP contribution < -0.4 is 0 Å². The fraction of sp³-hybridized carbons (Fsp3) is 0.500. The van der Waals surface area contributed by atoms with E-state index >= 15 is 0 Å². The minimum atomic E-state index is 0.129. The van der Waals surface area contributed by atoms with Crippen molar-refractivity contribution in [3.05, 3.63) is 29.6 Å². The molecular formula is C12H16N2O. The van der Waals surface area contributed by atoms with E-state index in [1.807, 2.05) is 30.4 Å². The second kappa shape index (κ2) is 4.01. The summed E-state index contributed by atoms with van der Waals surface area (Å²) in [5.41, 5.74) is 2.57. The summed E-state index contributed by atoms with van der Waals surface area (Å²) in [6.45, 7) is 1.62. The molecule has 1 amide bonds. The van der Waals surface area contributed by atoms with Crippen LogP contribution in [0.4, 0.5) is 0 Å². The molecule has 0 bridgehead atoms. The topological polar surface area (TPSA) is 33.2 Å². The standard InChI is InChI=1S/C12H16N2O/c1-9(15)14(2)12-5-3-4-10-8-13-7-6-11(10)12/h6-8,12H,3-5H2,1-2H3. The molecule has 0 radical (unpaired) electrons. The lowest BCUT2D eigenvalue weighted by atomic mass is 9.88. The van der Waals surface area contributed by atoms with Crippen molar-refractivity contribution < 1.29 is 4.79 Å². The normalized spacial score (nSPS) is 19.5. The monoisotopic (exact) mass is 204 g/mol. The van der Waals surface area contributed by atoms with Crippen LogP contribution in [-0.2, 0) is 11.2 Å². The number of rotatable bonds is 1. The lowest BCUT2D eigenvalue weighted by Crippen LogP contribution is -2.31. The smallest absolute Gasteiger partial charge is 0.219 e. The average Bonchev–Trinajstić information content (AvgIpc) is 2.27. The second-order valence-corrected chi connectivity index (χ2v) is 4.11. The van der Waals surface area contributed by atoms with Crippen LogP contribution in [-0.4, -0.2) is 22.8 Å². The largest absolute Gasteiger partial charge is 0.339 e. The van der Waals surface area contributed by atoms with Crippen LogP contribution in [0.15, 0.2) is 18.5 Å². The number of carbonyl (C=O) groups is 1. The molecule has 0 aromatic carbocycles. The first-order valence-corrected chi connectivity index (χ1v) is 5.36. The Morgan fingerprint density at radius 2 is 2.40 bits per heavy atom. The van der Waals surface area contributed by atoms with Gasteiger partial charge in [-0.05, 0) is 36.5 Å². The average molecular weight is 204 g/mol. The molecule has 0 aliphatic heterocycles. The van der Waals surface area contributed by atoms with E-state index in [9.17, 15) is 4.79 Å². The van der Waals surface area contributed by atoms with Crippen molar-refractivity contribution in [3.63, 3.8) is 0 Å². The Bertz CT molecular complexity index is 376. The quantitative estimate of drug-likeness (QED) is 0.700. The molecule has 1 heterocycles. The number of hydrogen-bond acceptors (Lipinski definition) is 2. The Morgan fingerprint density at radius 3 is 3.13 bits per heavy atom. The van der Waals surface area contributed by atoms with Crippen LogP contribution in [0.3, 0.4) is 0 Å². The van der Waals surface area contributed by atoms with Crippen molar-refractivity contribution in [2.45, 2.75) is 32.2 Å². The summed E-state index contributed by atoms with van der Waals surface area (Å²) in [6.07, 6.45) is 7.03. The second-order valence-electron chi connectivity index (χ2n) is 4.11. The van der Waals surface area contributed by atoms with E-state index in [0.717, 1.165) is 19.3 Å². The van der Waals surface area contributed by atoms with Crippen molar-refractivity contribution >= 4 is 5.91 Å². The number of pyridine rings is 1. The van der Waals surface area contributed by atoms with Crippen molar-refractivity contribution in [1.82, 2.24) is 9.88 Å². The van der Waals surface area contributed by atoms with Gasteiger partial charge in [-0.3, -0.25) is 9.78 Å². The number of fused-ring (bicyclic) bond motifs is 1. The summed E-state index contributed by atoms with van der Waals surface area (Å²) in [5.74, 6) is 0.129. The van der Waals surface area contributed by atoms with E-state index < -0.39 is 0 Å². The van der Waals surface area contributed by atoms with Crippen LogP contribution in [0.25, 0.3) is 0 Å². The van der Waals surface area contributed by atoms with Gasteiger partial charge in [-0.15, -0.1) is 0 Å². The highest BCUT2D eigenvalue weighted by atomic mass is 16.2. The van der Waals surface area contributed by atoms with Gasteiger partial charge in [-0.2, -0.15) is 0 Å². The Morgan fingerprint density at radius 1 is 1.60 bits per heavy atom. The number of amides is 1. The molecule has 2 rings (SSSR count). The molecule has 1 aliphatic rings. The molecule has 0 fully saturated rings. The van der Waals surface area contributed by atoms with Crippen LogP contribution >= 0.6 is 0 Å². The number of aryl methyl sites for hydroxylation is 1. The predicted molar refractivity (Wildman–Crippen MR) is 58.4 cm³/mol. The first kappa shape index (κ1) is 10.1. The molecule has 0 saturated carbocycles. The number of nitrogens with zero attached hydrogens (tertiary/aromatic N) is 2. The van der Waals surface area contributed by atoms with Crippen molar-refractivity contribution in [3.8, 4) is 0 Å². The van der Waals surface area contributed by atoms with Gasteiger partial charge >= 0.3 is 0 Å². The highest BCUT2D eigenvalue weighted by Gasteiger charge is 2.24. The summed E-state index contributed by atoms with van der Waals surface area (Å²) in [7, 11) is 1.88. The van der Waals surface area contributed by atoms with Crippen LogP contribution in [0.1, 0.15) is 36.9 Å². The highest BCUT2D eigenvalue weighted by molar-refractivity contribution is 5.73. The number of hydrogen-bond donors (Lipinski definition) is 0. The molecule has 0 spiro atoms. The van der Waals surface area contributed by atoms with E-state index in [-0.39, 0.29) is 11.9 Å². The minimum absolute atomic E-state index is 0.129. The summed E-state index contributed by atoms with van der Waals surface area (Å²) in [5, 5.41) is 0. The lowest BCUT2D eigenvalue weighted by molar-refractivity contribution is -0.130. The van der Waals surface area contributed by atoms with Crippen LogP contribution in [0.5, 0.6) is 0 Å². The molecule has 0 N–H and O–H groups in total. The zero-order valence-electron chi connectivity index (χ0n) is 9.23. The van der Waals surface area contributed by atoms with Crippen LogP contribution in [0.2, 0.25) is 0 Å². The molecule has 1 aromatic heterocycles. The molecule has 80 valence electrons. The Kier molecular flexibility index (Phi) is 2.71. The Labute approximate surface area is 90.1 Å². The molecule has 3 nitrogen and oxygen atoms in total. The van der Waals surface area contributed by atoms with Gasteiger partial charge in [0.2, 0.25) is 5.91 Å². The van der Waals surface area contributed by atoms with Gasteiger partial charge in [0.25, 0.3) is 0 Å². The lowest BCUT2D eigenvalue weighted by Gasteiger charge is -2.32. The molecular weight excluding hydrogens is 188 g/mol. The van der Waals surface area contributed by atoms with E-state index in [2.05, 4.69) is 4.98 Å². The summed E-state index contributed by atoms with van der Waals surface area (Å²) >= 11 is 0. The van der Waals surface area contributed by atoms with Gasteiger partial charge in [-0.1, -0.05) is 0 Å². The van der Waals surface area contributed by atoms with Crippen molar-refractivity contribution in [2.24, 2.45) is 0 Å². The molecule has 0 saturated heterocycles. The maximum atomic E-state index is 11.4. The zero-order valence-corrected chi connectivity index (χ0v) is 9.23. The van der Waals surface area contributed by atoms with Crippen molar-refractivity contribution in [2.75, 3.05) is 7.05 Å². The van der Waals surface area contributed by atoms with Gasteiger partial charge in [0.1, 0.15) is 0 Å². The molecule has 15 heavy (non-hydrogen) atoms. The van der Waals surface area contributed by atoms with E-state index in [1.54, 1.807) is 6.92 Å². The number of aromatic nitrogens is 1. The third-order valence-electron chi connectivity index (χ3n) is 3.19. The fourth-order valence-corrected chi connectivity index (χ4v) is 2.23. The third-order valence-corrected chi connectivity index (χ3v) is 3.19. The fourth-order valence-electron chi connectivity index (χ4n) is 2.23. The van der Waals surface area contributed by atoms with Crippen LogP contribution in [0, 0.1) is 0 Å². The summed E-state index contributed by atoms with van der Waals surface area (Å²) in [4.78, 5) is 17.3. The molecule has 1 unspecified atom stereocenters. The van der Waals surface area contributed by atoms with Gasteiger partial charge in [0.05, 0.1) is 6.04 Å². The van der Waals surface area contributed by atoms with E-state index in [4.69, 9.17) is 0 Å². The maximum absolute atomic E-state index is 11.4. The molecule has 1 aliphatic carbocycles. The first-order valence-electron chi connectivity index (χ1n) is 5.36. The molecule has 1 aromatic rings. The third kappa shape index (κ3) is 1.87. The predicted octanol–water partition coefficient (Wildman–Crippen LogP) is 1.94. The SMILES string of the molecule is CC(=O)N(C)C1CCCc2cnccc21.